The zero-order valence-corrected chi connectivity index (χ0v) is 12.4. The molecule has 1 aliphatic carbocycles. The van der Waals surface area contributed by atoms with Gasteiger partial charge in [-0.15, -0.1) is 0 Å². The van der Waals surface area contributed by atoms with E-state index in [0.717, 1.165) is 41.2 Å². The molecule has 0 radical (unpaired) electrons. The van der Waals surface area contributed by atoms with Crippen molar-refractivity contribution >= 4 is 16.8 Å². The van der Waals surface area contributed by atoms with Crippen molar-refractivity contribution in [3.63, 3.8) is 0 Å². The van der Waals surface area contributed by atoms with Gasteiger partial charge in [0.2, 0.25) is 5.89 Å². The van der Waals surface area contributed by atoms with Gasteiger partial charge >= 0.3 is 0 Å². The van der Waals surface area contributed by atoms with E-state index >= 15 is 0 Å². The van der Waals surface area contributed by atoms with E-state index in [1.54, 1.807) is 0 Å². The molecule has 2 fully saturated rings. The molecule has 2 atom stereocenters. The van der Waals surface area contributed by atoms with Crippen molar-refractivity contribution in [1.29, 1.82) is 0 Å². The third-order valence-electron chi connectivity index (χ3n) is 5.15. The van der Waals surface area contributed by atoms with Crippen LogP contribution >= 0.6 is 0 Å². The van der Waals surface area contributed by atoms with Gasteiger partial charge in [0.25, 0.3) is 0 Å². The van der Waals surface area contributed by atoms with Crippen LogP contribution < -0.4 is 5.73 Å². The molecule has 1 saturated heterocycles. The number of likely N-dealkylation sites (tertiary alicyclic amines) is 1. The molecule has 2 heterocycles. The molecule has 2 aliphatic rings. The number of fused-ring (bicyclic) bond motifs is 2. The Bertz CT molecular complexity index is 634. The van der Waals surface area contributed by atoms with Gasteiger partial charge < -0.3 is 10.2 Å². The smallest absolute Gasteiger partial charge is 0.209 e. The fourth-order valence-corrected chi connectivity index (χ4v) is 4.16. The highest BCUT2D eigenvalue weighted by molar-refractivity contribution is 5.76. The number of piperidine rings is 1. The highest BCUT2D eigenvalue weighted by Crippen LogP contribution is 2.36. The maximum absolute atomic E-state index is 5.90. The van der Waals surface area contributed by atoms with Crippen LogP contribution in [-0.2, 0) is 6.54 Å². The summed E-state index contributed by atoms with van der Waals surface area (Å²) in [6, 6.07) is 6.42. The number of anilines is 1. The molecule has 1 aromatic heterocycles. The summed E-state index contributed by atoms with van der Waals surface area (Å²) in [4.78, 5) is 7.22. The van der Waals surface area contributed by atoms with Crippen molar-refractivity contribution in [2.45, 2.75) is 51.1 Å². The number of nitrogens with two attached hydrogens (primary N) is 1. The van der Waals surface area contributed by atoms with Gasteiger partial charge in [-0.25, -0.2) is 4.98 Å². The summed E-state index contributed by atoms with van der Waals surface area (Å²) in [7, 11) is 0. The van der Waals surface area contributed by atoms with Crippen LogP contribution in [-0.4, -0.2) is 22.5 Å². The van der Waals surface area contributed by atoms with Gasteiger partial charge in [-0.3, -0.25) is 4.90 Å². The lowest BCUT2D eigenvalue weighted by Crippen LogP contribution is -2.46. The molecule has 21 heavy (non-hydrogen) atoms. The van der Waals surface area contributed by atoms with Gasteiger partial charge in [0, 0.05) is 11.7 Å². The Morgan fingerprint density at radius 1 is 1.19 bits per heavy atom. The first kappa shape index (κ1) is 13.1. The fraction of sp³-hybridized carbons (Fsp3) is 0.588. The van der Waals surface area contributed by atoms with E-state index < -0.39 is 0 Å². The molecule has 2 N–H and O–H groups in total. The summed E-state index contributed by atoms with van der Waals surface area (Å²) in [6.45, 7) is 2.03. The number of rotatable bonds is 2. The Morgan fingerprint density at radius 3 is 3.00 bits per heavy atom. The number of nitrogens with zero attached hydrogens (tertiary/aromatic N) is 2. The van der Waals surface area contributed by atoms with Gasteiger partial charge in [0.15, 0.2) is 5.58 Å². The third kappa shape index (κ3) is 2.53. The fourth-order valence-electron chi connectivity index (χ4n) is 4.16. The summed E-state index contributed by atoms with van der Waals surface area (Å²) in [5.74, 6) is 1.73. The first-order valence-corrected chi connectivity index (χ1v) is 8.18. The van der Waals surface area contributed by atoms with Crippen LogP contribution in [0.3, 0.4) is 0 Å². The predicted octanol–water partition coefficient (Wildman–Crippen LogP) is 3.56. The summed E-state index contributed by atoms with van der Waals surface area (Å²) in [6.07, 6.45) is 8.27. The second-order valence-electron chi connectivity index (χ2n) is 6.56. The summed E-state index contributed by atoms with van der Waals surface area (Å²) in [5.41, 5.74) is 8.28. The van der Waals surface area contributed by atoms with Crippen molar-refractivity contribution in [3.05, 3.63) is 24.1 Å². The van der Waals surface area contributed by atoms with Crippen molar-refractivity contribution in [3.8, 4) is 0 Å². The number of hydrogen-bond donors (Lipinski definition) is 1. The molecule has 4 heteroatoms. The van der Waals surface area contributed by atoms with Crippen LogP contribution in [0.15, 0.2) is 22.6 Å². The van der Waals surface area contributed by atoms with Crippen molar-refractivity contribution in [2.24, 2.45) is 5.92 Å². The Kier molecular flexibility index (Phi) is 3.34. The summed E-state index contributed by atoms with van der Waals surface area (Å²) < 4.78 is 5.90. The number of hydrogen-bond acceptors (Lipinski definition) is 4. The molecule has 112 valence electrons. The van der Waals surface area contributed by atoms with Gasteiger partial charge in [0.05, 0.1) is 6.54 Å². The van der Waals surface area contributed by atoms with E-state index in [1.807, 2.05) is 18.2 Å². The molecule has 1 saturated carbocycles. The summed E-state index contributed by atoms with van der Waals surface area (Å²) >= 11 is 0. The highest BCUT2D eigenvalue weighted by Gasteiger charge is 2.33. The minimum Gasteiger partial charge on any atom is -0.439 e. The Hall–Kier alpha value is -1.55. The monoisotopic (exact) mass is 285 g/mol. The van der Waals surface area contributed by atoms with Crippen molar-refractivity contribution in [1.82, 2.24) is 9.88 Å². The van der Waals surface area contributed by atoms with Gasteiger partial charge in [-0.05, 0) is 56.3 Å². The molecule has 0 bridgehead atoms. The Morgan fingerprint density at radius 2 is 2.05 bits per heavy atom. The highest BCUT2D eigenvalue weighted by atomic mass is 16.3. The average molecular weight is 285 g/mol. The van der Waals surface area contributed by atoms with E-state index in [4.69, 9.17) is 10.2 Å². The lowest BCUT2D eigenvalue weighted by Gasteiger charge is -2.43. The molecule has 4 rings (SSSR count). The van der Waals surface area contributed by atoms with Crippen molar-refractivity contribution in [2.75, 3.05) is 12.3 Å². The number of oxazole rings is 1. The molecule has 2 unspecified atom stereocenters. The Balaban J connectivity index is 1.55. The molecule has 4 nitrogen and oxygen atoms in total. The molecular weight excluding hydrogens is 262 g/mol. The minimum absolute atomic E-state index is 0.743. The zero-order chi connectivity index (χ0) is 14.2. The number of aromatic nitrogens is 1. The molecule has 1 aliphatic heterocycles. The summed E-state index contributed by atoms with van der Waals surface area (Å²) in [5, 5.41) is 0. The third-order valence-corrected chi connectivity index (χ3v) is 5.15. The average Bonchev–Trinajstić information content (AvgIpc) is 2.89. The zero-order valence-electron chi connectivity index (χ0n) is 12.4. The van der Waals surface area contributed by atoms with Gasteiger partial charge in [-0.2, -0.15) is 0 Å². The standard InChI is InChI=1S/C17H23N3O/c18-13-7-8-16-14(10-13)19-17(21-16)11-20-9-3-5-12-4-1-2-6-15(12)20/h7-8,10,12,15H,1-6,9,11,18H2. The lowest BCUT2D eigenvalue weighted by atomic mass is 9.78. The van der Waals surface area contributed by atoms with Crippen LogP contribution in [0.2, 0.25) is 0 Å². The van der Waals surface area contributed by atoms with Crippen LogP contribution in [0.5, 0.6) is 0 Å². The second kappa shape index (κ2) is 5.34. The number of benzene rings is 1. The van der Waals surface area contributed by atoms with Crippen molar-refractivity contribution < 1.29 is 4.42 Å². The largest absolute Gasteiger partial charge is 0.439 e. The van der Waals surface area contributed by atoms with E-state index in [9.17, 15) is 0 Å². The van der Waals surface area contributed by atoms with Crippen LogP contribution in [0.25, 0.3) is 11.1 Å². The molecule has 0 spiro atoms. The minimum atomic E-state index is 0.743. The van der Waals surface area contributed by atoms with Gasteiger partial charge in [0.1, 0.15) is 5.52 Å². The maximum atomic E-state index is 5.90. The van der Waals surface area contributed by atoms with E-state index in [1.165, 1.54) is 45.1 Å². The first-order valence-electron chi connectivity index (χ1n) is 8.18. The topological polar surface area (TPSA) is 55.3 Å². The van der Waals surface area contributed by atoms with E-state index in [2.05, 4.69) is 9.88 Å². The maximum Gasteiger partial charge on any atom is 0.209 e. The molecular formula is C17H23N3O. The number of nitrogen functional groups attached to an aromatic ring is 1. The second-order valence-corrected chi connectivity index (χ2v) is 6.56. The lowest BCUT2D eigenvalue weighted by molar-refractivity contribution is 0.0486. The normalized spacial score (nSPS) is 26.9. The van der Waals surface area contributed by atoms with E-state index in [-0.39, 0.29) is 0 Å². The van der Waals surface area contributed by atoms with Crippen LogP contribution in [0.4, 0.5) is 5.69 Å². The molecule has 1 aromatic carbocycles. The van der Waals surface area contributed by atoms with Gasteiger partial charge in [-0.1, -0.05) is 12.8 Å². The van der Waals surface area contributed by atoms with Crippen LogP contribution in [0, 0.1) is 5.92 Å². The van der Waals surface area contributed by atoms with Crippen LogP contribution in [0.1, 0.15) is 44.4 Å². The first-order chi connectivity index (χ1) is 10.3. The predicted molar refractivity (Wildman–Crippen MR) is 83.8 cm³/mol. The molecule has 2 aromatic rings. The molecule has 0 amide bonds. The van der Waals surface area contributed by atoms with E-state index in [0.29, 0.717) is 0 Å². The SMILES string of the molecule is Nc1ccc2oc(CN3CCCC4CCCCC43)nc2c1. The quantitative estimate of drug-likeness (QED) is 0.857. The Labute approximate surface area is 125 Å².